The lowest BCUT2D eigenvalue weighted by Gasteiger charge is -2.21. The molecule has 1 aromatic rings. The van der Waals surface area contributed by atoms with Crippen molar-refractivity contribution in [1.82, 2.24) is 9.78 Å². The highest BCUT2D eigenvalue weighted by atomic mass is 16.6. The Labute approximate surface area is 87.0 Å². The van der Waals surface area contributed by atoms with Crippen LogP contribution >= 0.6 is 0 Å². The van der Waals surface area contributed by atoms with E-state index in [9.17, 15) is 10.1 Å². The third kappa shape index (κ3) is 2.53. The second-order valence-corrected chi connectivity index (χ2v) is 3.73. The molecule has 2 rings (SSSR count). The normalized spacial score (nSPS) is 17.9. The molecule has 0 aromatic carbocycles. The molecule has 6 nitrogen and oxygen atoms in total. The highest BCUT2D eigenvalue weighted by Crippen LogP contribution is 2.17. The van der Waals surface area contributed by atoms with Crippen LogP contribution in [0.1, 0.15) is 12.8 Å². The van der Waals surface area contributed by atoms with Crippen molar-refractivity contribution in [1.29, 1.82) is 0 Å². The standard InChI is InChI=1S/C9H13N3O3/c13-12(14)9-5-10-11(7-9)6-8-1-3-15-4-2-8/h5,7-8H,1-4,6H2. The second-order valence-electron chi connectivity index (χ2n) is 3.73. The molecule has 1 aliphatic rings. The zero-order valence-corrected chi connectivity index (χ0v) is 8.33. The molecule has 0 unspecified atom stereocenters. The van der Waals surface area contributed by atoms with Crippen LogP contribution in [-0.2, 0) is 11.3 Å². The number of rotatable bonds is 3. The van der Waals surface area contributed by atoms with E-state index in [4.69, 9.17) is 4.74 Å². The first-order valence-electron chi connectivity index (χ1n) is 5.00. The molecule has 0 bridgehead atoms. The first-order chi connectivity index (χ1) is 7.25. The molecule has 0 radical (unpaired) electrons. The van der Waals surface area contributed by atoms with Crippen LogP contribution in [-0.4, -0.2) is 27.9 Å². The van der Waals surface area contributed by atoms with Crippen LogP contribution in [0.3, 0.4) is 0 Å². The third-order valence-electron chi connectivity index (χ3n) is 2.62. The number of aromatic nitrogens is 2. The zero-order chi connectivity index (χ0) is 10.7. The summed E-state index contributed by atoms with van der Waals surface area (Å²) in [5, 5.41) is 14.4. The molecule has 1 aromatic heterocycles. The minimum atomic E-state index is -0.423. The Bertz CT molecular complexity index is 344. The Hall–Kier alpha value is -1.43. The van der Waals surface area contributed by atoms with Crippen molar-refractivity contribution in [3.05, 3.63) is 22.5 Å². The molecule has 0 saturated carbocycles. The van der Waals surface area contributed by atoms with Gasteiger partial charge in [-0.15, -0.1) is 0 Å². The van der Waals surface area contributed by atoms with E-state index in [-0.39, 0.29) is 5.69 Å². The third-order valence-corrected chi connectivity index (χ3v) is 2.62. The predicted octanol–water partition coefficient (Wildman–Crippen LogP) is 1.22. The van der Waals surface area contributed by atoms with Gasteiger partial charge in [-0.2, -0.15) is 5.10 Å². The van der Waals surface area contributed by atoms with Gasteiger partial charge >= 0.3 is 5.69 Å². The van der Waals surface area contributed by atoms with E-state index in [0.717, 1.165) is 32.6 Å². The molecule has 0 N–H and O–H groups in total. The summed E-state index contributed by atoms with van der Waals surface area (Å²) in [5.74, 6) is 0.526. The minimum Gasteiger partial charge on any atom is -0.381 e. The number of hydrogen-bond donors (Lipinski definition) is 0. The Balaban J connectivity index is 1.94. The largest absolute Gasteiger partial charge is 0.381 e. The molecule has 1 fully saturated rings. The molecule has 0 spiro atoms. The van der Waals surface area contributed by atoms with Crippen molar-refractivity contribution < 1.29 is 9.66 Å². The average molecular weight is 211 g/mol. The fourth-order valence-electron chi connectivity index (χ4n) is 1.74. The molecule has 1 aliphatic heterocycles. The second kappa shape index (κ2) is 4.39. The van der Waals surface area contributed by atoms with Gasteiger partial charge in [-0.1, -0.05) is 0 Å². The SMILES string of the molecule is O=[N+]([O-])c1cnn(CC2CCOCC2)c1. The van der Waals surface area contributed by atoms with Crippen LogP contribution in [0.4, 0.5) is 5.69 Å². The summed E-state index contributed by atoms with van der Waals surface area (Å²) < 4.78 is 6.89. The summed E-state index contributed by atoms with van der Waals surface area (Å²) in [6, 6.07) is 0. The van der Waals surface area contributed by atoms with Gasteiger partial charge in [0.2, 0.25) is 0 Å². The molecule has 1 saturated heterocycles. The van der Waals surface area contributed by atoms with Crippen molar-refractivity contribution in [2.75, 3.05) is 13.2 Å². The van der Waals surface area contributed by atoms with Gasteiger partial charge in [0.15, 0.2) is 0 Å². The van der Waals surface area contributed by atoms with Crippen LogP contribution in [0.2, 0.25) is 0 Å². The van der Waals surface area contributed by atoms with Crippen LogP contribution in [0.15, 0.2) is 12.4 Å². The van der Waals surface area contributed by atoms with E-state index in [2.05, 4.69) is 5.10 Å². The molecule has 15 heavy (non-hydrogen) atoms. The summed E-state index contributed by atoms with van der Waals surface area (Å²) in [7, 11) is 0. The van der Waals surface area contributed by atoms with E-state index in [1.165, 1.54) is 12.4 Å². The smallest absolute Gasteiger partial charge is 0.306 e. The maximum atomic E-state index is 10.4. The number of hydrogen-bond acceptors (Lipinski definition) is 4. The van der Waals surface area contributed by atoms with Crippen molar-refractivity contribution in [2.24, 2.45) is 5.92 Å². The van der Waals surface area contributed by atoms with Crippen molar-refractivity contribution in [3.8, 4) is 0 Å². The molecular weight excluding hydrogens is 198 g/mol. The molecular formula is C9H13N3O3. The van der Waals surface area contributed by atoms with Crippen LogP contribution in [0, 0.1) is 16.0 Å². The number of nitro groups is 1. The summed E-state index contributed by atoms with van der Waals surface area (Å²) in [4.78, 5) is 10.0. The first kappa shape index (κ1) is 10.1. The van der Waals surface area contributed by atoms with E-state index in [1.807, 2.05) is 0 Å². The van der Waals surface area contributed by atoms with E-state index < -0.39 is 4.92 Å². The Morgan fingerprint density at radius 2 is 2.33 bits per heavy atom. The quantitative estimate of drug-likeness (QED) is 0.556. The van der Waals surface area contributed by atoms with Crippen molar-refractivity contribution in [3.63, 3.8) is 0 Å². The van der Waals surface area contributed by atoms with Crippen molar-refractivity contribution >= 4 is 5.69 Å². The lowest BCUT2D eigenvalue weighted by Crippen LogP contribution is -2.20. The van der Waals surface area contributed by atoms with Crippen LogP contribution in [0.25, 0.3) is 0 Å². The molecule has 0 amide bonds. The van der Waals surface area contributed by atoms with Gasteiger partial charge in [0, 0.05) is 19.8 Å². The molecule has 0 aliphatic carbocycles. The van der Waals surface area contributed by atoms with Gasteiger partial charge in [-0.25, -0.2) is 0 Å². The Morgan fingerprint density at radius 3 is 2.93 bits per heavy atom. The van der Waals surface area contributed by atoms with Crippen LogP contribution < -0.4 is 0 Å². The summed E-state index contributed by atoms with van der Waals surface area (Å²) in [5.41, 5.74) is 0.0575. The summed E-state index contributed by atoms with van der Waals surface area (Å²) in [6.45, 7) is 2.32. The molecule has 6 heteroatoms. The topological polar surface area (TPSA) is 70.2 Å². The van der Waals surface area contributed by atoms with Gasteiger partial charge < -0.3 is 4.74 Å². The Kier molecular flexibility index (Phi) is 2.96. The van der Waals surface area contributed by atoms with Gasteiger partial charge in [-0.05, 0) is 18.8 Å². The van der Waals surface area contributed by atoms with Gasteiger partial charge in [0.1, 0.15) is 12.4 Å². The monoisotopic (exact) mass is 211 g/mol. The predicted molar refractivity (Wildman–Crippen MR) is 52.4 cm³/mol. The fraction of sp³-hybridized carbons (Fsp3) is 0.667. The summed E-state index contributed by atoms with van der Waals surface area (Å²) in [6.07, 6.45) is 4.79. The maximum absolute atomic E-state index is 10.4. The van der Waals surface area contributed by atoms with Gasteiger partial charge in [-0.3, -0.25) is 14.8 Å². The highest BCUT2D eigenvalue weighted by molar-refractivity contribution is 5.20. The average Bonchev–Trinajstić information content (AvgIpc) is 2.68. The van der Waals surface area contributed by atoms with E-state index in [0.29, 0.717) is 5.92 Å². The Morgan fingerprint density at radius 1 is 1.60 bits per heavy atom. The highest BCUT2D eigenvalue weighted by Gasteiger charge is 2.16. The lowest BCUT2D eigenvalue weighted by atomic mass is 10.0. The molecule has 0 atom stereocenters. The zero-order valence-electron chi connectivity index (χ0n) is 8.33. The molecule has 2 heterocycles. The van der Waals surface area contributed by atoms with Gasteiger partial charge in [0.05, 0.1) is 4.92 Å². The van der Waals surface area contributed by atoms with Crippen molar-refractivity contribution in [2.45, 2.75) is 19.4 Å². The lowest BCUT2D eigenvalue weighted by molar-refractivity contribution is -0.385. The van der Waals surface area contributed by atoms with E-state index >= 15 is 0 Å². The number of nitrogens with zero attached hydrogens (tertiary/aromatic N) is 3. The maximum Gasteiger partial charge on any atom is 0.306 e. The first-order valence-corrected chi connectivity index (χ1v) is 5.00. The summed E-state index contributed by atoms with van der Waals surface area (Å²) >= 11 is 0. The minimum absolute atomic E-state index is 0.0575. The fourth-order valence-corrected chi connectivity index (χ4v) is 1.74. The molecule has 82 valence electrons. The van der Waals surface area contributed by atoms with E-state index in [1.54, 1.807) is 4.68 Å². The number of ether oxygens (including phenoxy) is 1. The van der Waals surface area contributed by atoms with Crippen LogP contribution in [0.5, 0.6) is 0 Å². The van der Waals surface area contributed by atoms with Gasteiger partial charge in [0.25, 0.3) is 0 Å².